The van der Waals surface area contributed by atoms with Gasteiger partial charge in [0.25, 0.3) is 5.91 Å². The molecular formula is C23H24FN5O2. The highest BCUT2D eigenvalue weighted by Gasteiger charge is 2.58. The lowest BCUT2D eigenvalue weighted by Crippen LogP contribution is -2.50. The van der Waals surface area contributed by atoms with Crippen LogP contribution in [0.2, 0.25) is 0 Å². The number of amides is 1. The SMILES string of the molecule is Cc1ccc(N2CCC3(CC2)O[C@@H]2CC[C@@H](c4cncc(F)c4)N2C3=O)n2nccc12. The first kappa shape index (κ1) is 18.7. The molecule has 6 heterocycles. The van der Waals surface area contributed by atoms with Gasteiger partial charge in [-0.25, -0.2) is 8.91 Å². The zero-order valence-corrected chi connectivity index (χ0v) is 17.4. The third-order valence-corrected chi connectivity index (χ3v) is 7.07. The van der Waals surface area contributed by atoms with E-state index in [0.29, 0.717) is 12.8 Å². The number of anilines is 1. The average molecular weight is 421 g/mol. The Morgan fingerprint density at radius 1 is 1.16 bits per heavy atom. The maximum Gasteiger partial charge on any atom is 0.257 e. The number of carbonyl (C=O) groups excluding carboxylic acids is 1. The minimum atomic E-state index is -0.783. The Balaban J connectivity index is 1.23. The number of carbonyl (C=O) groups is 1. The third kappa shape index (κ3) is 2.77. The summed E-state index contributed by atoms with van der Waals surface area (Å²) >= 11 is 0. The molecule has 0 unspecified atom stereocenters. The Kier molecular flexibility index (Phi) is 4.08. The molecule has 0 bridgehead atoms. The summed E-state index contributed by atoms with van der Waals surface area (Å²) in [7, 11) is 0. The van der Waals surface area contributed by atoms with Gasteiger partial charge in [0.2, 0.25) is 0 Å². The molecule has 8 heteroatoms. The van der Waals surface area contributed by atoms with Crippen molar-refractivity contribution >= 4 is 17.2 Å². The van der Waals surface area contributed by atoms with Crippen molar-refractivity contribution < 1.29 is 13.9 Å². The summed E-state index contributed by atoms with van der Waals surface area (Å²) in [6.07, 6.45) is 7.23. The summed E-state index contributed by atoms with van der Waals surface area (Å²) < 4.78 is 22.1. The number of aryl methyl sites for hydroxylation is 1. The first-order chi connectivity index (χ1) is 15.1. The van der Waals surface area contributed by atoms with Crippen LogP contribution in [0.5, 0.6) is 0 Å². The molecule has 6 rings (SSSR count). The van der Waals surface area contributed by atoms with E-state index in [1.807, 2.05) is 21.7 Å². The van der Waals surface area contributed by atoms with Crippen molar-refractivity contribution in [1.82, 2.24) is 19.5 Å². The molecule has 0 saturated carbocycles. The van der Waals surface area contributed by atoms with Gasteiger partial charge in [-0.05, 0) is 49.1 Å². The summed E-state index contributed by atoms with van der Waals surface area (Å²) in [5.74, 6) is 0.701. The first-order valence-corrected chi connectivity index (χ1v) is 10.9. The first-order valence-electron chi connectivity index (χ1n) is 10.9. The number of pyridine rings is 2. The Labute approximate surface area is 179 Å². The second-order valence-corrected chi connectivity index (χ2v) is 8.80. The van der Waals surface area contributed by atoms with Gasteiger partial charge >= 0.3 is 0 Å². The Bertz CT molecular complexity index is 1170. The maximum atomic E-state index is 13.7. The molecule has 2 atom stereocenters. The minimum absolute atomic E-state index is 0.0389. The number of piperidine rings is 1. The summed E-state index contributed by atoms with van der Waals surface area (Å²) in [5, 5.41) is 4.49. The molecular weight excluding hydrogens is 397 g/mol. The maximum absolute atomic E-state index is 13.7. The predicted octanol–water partition coefficient (Wildman–Crippen LogP) is 3.24. The molecule has 0 aliphatic carbocycles. The third-order valence-electron chi connectivity index (χ3n) is 7.07. The van der Waals surface area contributed by atoms with Crippen LogP contribution >= 0.6 is 0 Å². The predicted molar refractivity (Wildman–Crippen MR) is 112 cm³/mol. The fourth-order valence-electron chi connectivity index (χ4n) is 5.46. The van der Waals surface area contributed by atoms with Gasteiger partial charge in [0.1, 0.15) is 17.9 Å². The van der Waals surface area contributed by atoms with Crippen LogP contribution in [-0.4, -0.2) is 50.3 Å². The Morgan fingerprint density at radius 3 is 2.81 bits per heavy atom. The van der Waals surface area contributed by atoms with Gasteiger partial charge in [0.05, 0.1) is 24.0 Å². The number of halogens is 1. The van der Waals surface area contributed by atoms with Crippen LogP contribution in [0, 0.1) is 12.7 Å². The Morgan fingerprint density at radius 2 is 2.00 bits per heavy atom. The topological polar surface area (TPSA) is 63.0 Å². The fraction of sp³-hybridized carbons (Fsp3) is 0.435. The summed E-state index contributed by atoms with van der Waals surface area (Å²) in [4.78, 5) is 21.6. The standard InChI is InChI=1S/C23H24FN5O2/c1-15-2-4-20(29-18(15)6-9-26-29)27-10-7-23(8-11-27)22(30)28-19(3-5-21(28)31-23)16-12-17(24)14-25-13-16/h2,4,6,9,12-14,19,21H,3,5,7-8,10-11H2,1H3/t19-,21+/m0/s1. The molecule has 3 aliphatic rings. The zero-order chi connectivity index (χ0) is 21.2. The summed E-state index contributed by atoms with van der Waals surface area (Å²) in [6, 6.07) is 7.54. The van der Waals surface area contributed by atoms with Crippen molar-refractivity contribution in [1.29, 1.82) is 0 Å². The van der Waals surface area contributed by atoms with E-state index >= 15 is 0 Å². The van der Waals surface area contributed by atoms with Crippen LogP contribution in [0.15, 0.2) is 42.9 Å². The monoisotopic (exact) mass is 421 g/mol. The molecule has 3 aromatic heterocycles. The zero-order valence-electron chi connectivity index (χ0n) is 17.4. The number of rotatable bonds is 2. The van der Waals surface area contributed by atoms with Crippen molar-refractivity contribution in [2.24, 2.45) is 0 Å². The van der Waals surface area contributed by atoms with E-state index in [-0.39, 0.29) is 24.0 Å². The lowest BCUT2D eigenvalue weighted by molar-refractivity contribution is -0.140. The van der Waals surface area contributed by atoms with E-state index in [1.165, 1.54) is 17.8 Å². The number of fused-ring (bicyclic) bond motifs is 2. The normalized spacial score (nSPS) is 25.0. The van der Waals surface area contributed by atoms with E-state index in [2.05, 4.69) is 34.0 Å². The van der Waals surface area contributed by atoms with Crippen molar-refractivity contribution in [3.05, 3.63) is 59.8 Å². The van der Waals surface area contributed by atoms with E-state index in [1.54, 1.807) is 6.20 Å². The number of aromatic nitrogens is 3. The number of hydrogen-bond acceptors (Lipinski definition) is 5. The molecule has 3 fully saturated rings. The summed E-state index contributed by atoms with van der Waals surface area (Å²) in [5.41, 5.74) is 2.24. The molecule has 0 radical (unpaired) electrons. The lowest BCUT2D eigenvalue weighted by atomic mass is 9.89. The second-order valence-electron chi connectivity index (χ2n) is 8.80. The molecule has 0 N–H and O–H groups in total. The number of hydrogen-bond donors (Lipinski definition) is 0. The summed E-state index contributed by atoms with van der Waals surface area (Å²) in [6.45, 7) is 3.52. The smallest absolute Gasteiger partial charge is 0.257 e. The molecule has 31 heavy (non-hydrogen) atoms. The van der Waals surface area contributed by atoms with E-state index in [0.717, 1.165) is 42.8 Å². The highest BCUT2D eigenvalue weighted by molar-refractivity contribution is 5.88. The largest absolute Gasteiger partial charge is 0.356 e. The van der Waals surface area contributed by atoms with Crippen LogP contribution in [0.1, 0.15) is 42.9 Å². The number of ether oxygens (including phenoxy) is 1. The molecule has 0 aromatic carbocycles. The van der Waals surface area contributed by atoms with Gasteiger partial charge in [0.15, 0.2) is 5.60 Å². The lowest BCUT2D eigenvalue weighted by Gasteiger charge is -2.38. The van der Waals surface area contributed by atoms with Gasteiger partial charge in [-0.3, -0.25) is 9.78 Å². The van der Waals surface area contributed by atoms with Crippen LogP contribution in [-0.2, 0) is 9.53 Å². The van der Waals surface area contributed by atoms with Crippen LogP contribution in [0.25, 0.3) is 5.52 Å². The number of nitrogens with zero attached hydrogens (tertiary/aromatic N) is 5. The molecule has 1 spiro atoms. The second kappa shape index (κ2) is 6.75. The average Bonchev–Trinajstić information content (AvgIpc) is 3.47. The van der Waals surface area contributed by atoms with Crippen LogP contribution in [0.3, 0.4) is 0 Å². The van der Waals surface area contributed by atoms with Crippen molar-refractivity contribution in [3.63, 3.8) is 0 Å². The highest BCUT2D eigenvalue weighted by atomic mass is 19.1. The van der Waals surface area contributed by atoms with Crippen molar-refractivity contribution in [3.8, 4) is 0 Å². The molecule has 7 nitrogen and oxygen atoms in total. The van der Waals surface area contributed by atoms with Crippen LogP contribution < -0.4 is 4.90 Å². The van der Waals surface area contributed by atoms with Gasteiger partial charge in [-0.1, -0.05) is 6.07 Å². The van der Waals surface area contributed by atoms with Gasteiger partial charge in [-0.15, -0.1) is 0 Å². The van der Waals surface area contributed by atoms with Gasteiger partial charge < -0.3 is 14.5 Å². The molecule has 3 aromatic rings. The highest BCUT2D eigenvalue weighted by Crippen LogP contribution is 2.47. The van der Waals surface area contributed by atoms with Gasteiger partial charge in [0, 0.05) is 32.1 Å². The molecule has 3 saturated heterocycles. The van der Waals surface area contributed by atoms with E-state index in [9.17, 15) is 9.18 Å². The molecule has 3 aliphatic heterocycles. The quantitative estimate of drug-likeness (QED) is 0.636. The molecule has 1 amide bonds. The molecule has 160 valence electrons. The van der Waals surface area contributed by atoms with E-state index in [4.69, 9.17) is 4.74 Å². The fourth-order valence-corrected chi connectivity index (χ4v) is 5.46. The minimum Gasteiger partial charge on any atom is -0.356 e. The van der Waals surface area contributed by atoms with Crippen molar-refractivity contribution in [2.75, 3.05) is 18.0 Å². The van der Waals surface area contributed by atoms with E-state index < -0.39 is 5.60 Å². The van der Waals surface area contributed by atoms with Gasteiger partial charge in [-0.2, -0.15) is 5.10 Å². The van der Waals surface area contributed by atoms with Crippen molar-refractivity contribution in [2.45, 2.75) is 50.5 Å². The Hall–Kier alpha value is -3.00. The van der Waals surface area contributed by atoms with Crippen LogP contribution in [0.4, 0.5) is 10.2 Å².